The number of likely N-dealkylation sites (tertiary alicyclic amines) is 1. The zero-order valence-corrected chi connectivity index (χ0v) is 20.0. The Morgan fingerprint density at radius 2 is 2.11 bits per heavy atom. The van der Waals surface area contributed by atoms with Crippen LogP contribution in [0.2, 0.25) is 5.02 Å². The molecular formula is C23H23ClN8O4. The number of fused-ring (bicyclic) bond motifs is 1. The van der Waals surface area contributed by atoms with E-state index < -0.39 is 5.69 Å². The van der Waals surface area contributed by atoms with Crippen LogP contribution in [0, 0.1) is 0 Å². The minimum Gasteiger partial charge on any atom is -0.493 e. The normalized spacial score (nSPS) is 15.6. The predicted octanol–water partition coefficient (Wildman–Crippen LogP) is 1.53. The summed E-state index contributed by atoms with van der Waals surface area (Å²) in [6.45, 7) is 1.09. The van der Waals surface area contributed by atoms with Gasteiger partial charge in [0.25, 0.3) is 0 Å². The number of imidazole rings is 1. The molecule has 1 aliphatic heterocycles. The number of H-pyrrole nitrogens is 2. The molecule has 0 unspecified atom stereocenters. The molecule has 0 aliphatic carbocycles. The van der Waals surface area contributed by atoms with E-state index in [1.165, 1.54) is 7.11 Å². The molecule has 3 aromatic heterocycles. The van der Waals surface area contributed by atoms with Gasteiger partial charge in [-0.2, -0.15) is 9.61 Å². The van der Waals surface area contributed by atoms with Crippen LogP contribution >= 0.6 is 11.6 Å². The number of rotatable bonds is 4. The molecule has 0 saturated carbocycles. The van der Waals surface area contributed by atoms with Crippen LogP contribution in [0.5, 0.6) is 5.88 Å². The van der Waals surface area contributed by atoms with Crippen LogP contribution in [0.3, 0.4) is 0 Å². The standard InChI is InChI=1S/C23H23ClN8O4/c1-36-23(35)31-7-5-15(6-8-31)27-19-11-18(26-16-4-2-3-14(24)10-16)29-20-13(12-25-32(19)20)9-17-21(33)30-22(34)28-17/h2-4,9-12,15,26,33H,5-8H2,1H3,(H2,28,30,34). The lowest BCUT2D eigenvalue weighted by atomic mass is 10.1. The molecule has 1 fully saturated rings. The molecule has 1 amide bonds. The summed E-state index contributed by atoms with van der Waals surface area (Å²) < 4.78 is 6.41. The van der Waals surface area contributed by atoms with Gasteiger partial charge < -0.3 is 25.0 Å². The Bertz CT molecular complexity index is 1600. The third-order valence-corrected chi connectivity index (χ3v) is 6.06. The van der Waals surface area contributed by atoms with Crippen LogP contribution in [0.25, 0.3) is 11.7 Å². The molecule has 0 atom stereocenters. The molecule has 4 N–H and O–H groups in total. The molecule has 0 bridgehead atoms. The van der Waals surface area contributed by atoms with Gasteiger partial charge in [0, 0.05) is 35.1 Å². The molecule has 186 valence electrons. The first-order chi connectivity index (χ1) is 17.4. The number of nitrogens with zero attached hydrogens (tertiary/aromatic N) is 5. The van der Waals surface area contributed by atoms with Gasteiger partial charge in [0.15, 0.2) is 11.1 Å². The Morgan fingerprint density at radius 1 is 1.31 bits per heavy atom. The number of carbonyl (C=O) groups is 1. The summed E-state index contributed by atoms with van der Waals surface area (Å²) in [4.78, 5) is 39.4. The summed E-state index contributed by atoms with van der Waals surface area (Å²) in [5.41, 5.74) is 1.45. The maximum Gasteiger partial charge on any atom is 0.409 e. The molecule has 36 heavy (non-hydrogen) atoms. The third kappa shape index (κ3) is 4.89. The van der Waals surface area contributed by atoms with Gasteiger partial charge in [-0.1, -0.05) is 17.7 Å². The largest absolute Gasteiger partial charge is 0.493 e. The van der Waals surface area contributed by atoms with Crippen molar-refractivity contribution >= 4 is 40.9 Å². The second kappa shape index (κ2) is 9.74. The SMILES string of the molecule is COC(=O)N1CCC(N=c2cc(Nc3cccc(Cl)c3)nc3c(=Cc4[nH]c(=O)[nH]c4O)cnn23)CC1. The second-order valence-corrected chi connectivity index (χ2v) is 8.71. The lowest BCUT2D eigenvalue weighted by molar-refractivity contribution is 0.112. The fraction of sp³-hybridized carbons (Fsp3) is 0.261. The van der Waals surface area contributed by atoms with E-state index in [9.17, 15) is 14.7 Å². The number of aromatic hydroxyl groups is 1. The Labute approximate surface area is 208 Å². The Balaban J connectivity index is 1.58. The number of benzene rings is 1. The quantitative estimate of drug-likeness (QED) is 0.324. The maximum atomic E-state index is 11.8. The number of hydrogen-bond acceptors (Lipinski definition) is 8. The minimum absolute atomic E-state index is 0.0303. The number of carbonyl (C=O) groups excluding carboxylic acids is 1. The first-order valence-corrected chi connectivity index (χ1v) is 11.6. The van der Waals surface area contributed by atoms with Crippen molar-refractivity contribution in [1.82, 2.24) is 29.5 Å². The maximum absolute atomic E-state index is 11.8. The number of aromatic amines is 2. The number of aromatic nitrogens is 5. The number of hydrogen-bond donors (Lipinski definition) is 4. The van der Waals surface area contributed by atoms with Crippen LogP contribution in [0.15, 0.2) is 46.3 Å². The molecule has 1 saturated heterocycles. The van der Waals surface area contributed by atoms with Crippen LogP contribution < -0.4 is 21.7 Å². The van der Waals surface area contributed by atoms with Crippen LogP contribution in [0.4, 0.5) is 16.3 Å². The summed E-state index contributed by atoms with van der Waals surface area (Å²) in [6, 6.07) is 9.00. The van der Waals surface area contributed by atoms with Gasteiger partial charge >= 0.3 is 11.8 Å². The van der Waals surface area contributed by atoms with Crippen molar-refractivity contribution in [3.8, 4) is 5.88 Å². The molecule has 0 spiro atoms. The minimum atomic E-state index is -0.527. The van der Waals surface area contributed by atoms with Gasteiger partial charge in [0.2, 0.25) is 5.88 Å². The molecule has 4 heterocycles. The van der Waals surface area contributed by atoms with E-state index in [1.807, 2.05) is 12.1 Å². The summed E-state index contributed by atoms with van der Waals surface area (Å²) in [5.74, 6) is 0.229. The van der Waals surface area contributed by atoms with Crippen molar-refractivity contribution in [2.45, 2.75) is 18.9 Å². The Hall–Kier alpha value is -4.32. The van der Waals surface area contributed by atoms with Gasteiger partial charge in [-0.15, -0.1) is 0 Å². The van der Waals surface area contributed by atoms with Crippen molar-refractivity contribution in [1.29, 1.82) is 0 Å². The van der Waals surface area contributed by atoms with Crippen LogP contribution in [0.1, 0.15) is 18.5 Å². The van der Waals surface area contributed by atoms with E-state index in [0.717, 1.165) is 5.69 Å². The lowest BCUT2D eigenvalue weighted by Crippen LogP contribution is -2.40. The zero-order valence-electron chi connectivity index (χ0n) is 19.2. The van der Waals surface area contributed by atoms with E-state index >= 15 is 0 Å². The molecule has 0 radical (unpaired) electrons. The molecule has 5 rings (SSSR count). The predicted molar refractivity (Wildman–Crippen MR) is 132 cm³/mol. The van der Waals surface area contributed by atoms with Crippen LogP contribution in [-0.4, -0.2) is 66.9 Å². The first kappa shape index (κ1) is 23.4. The van der Waals surface area contributed by atoms with E-state index in [1.54, 1.807) is 39.9 Å². The molecule has 12 nitrogen and oxygen atoms in total. The number of ether oxygens (including phenoxy) is 1. The summed E-state index contributed by atoms with van der Waals surface area (Å²) in [6.07, 6.45) is 4.16. The third-order valence-electron chi connectivity index (χ3n) is 5.82. The van der Waals surface area contributed by atoms with Crippen molar-refractivity contribution in [3.63, 3.8) is 0 Å². The summed E-state index contributed by atoms with van der Waals surface area (Å²) in [7, 11) is 1.37. The number of amides is 1. The number of nitrogens with one attached hydrogen (secondary N) is 3. The monoisotopic (exact) mass is 510 g/mol. The number of methoxy groups -OCH3 is 1. The zero-order chi connectivity index (χ0) is 25.2. The highest BCUT2D eigenvalue weighted by Crippen LogP contribution is 2.19. The highest BCUT2D eigenvalue weighted by molar-refractivity contribution is 6.30. The Morgan fingerprint density at radius 3 is 2.81 bits per heavy atom. The fourth-order valence-electron chi connectivity index (χ4n) is 4.08. The Kier molecular flexibility index (Phi) is 6.34. The lowest BCUT2D eigenvalue weighted by Gasteiger charge is -2.28. The van der Waals surface area contributed by atoms with Crippen LogP contribution in [-0.2, 0) is 4.74 Å². The van der Waals surface area contributed by atoms with Gasteiger partial charge in [-0.3, -0.25) is 9.98 Å². The second-order valence-electron chi connectivity index (χ2n) is 8.27. The van der Waals surface area contributed by atoms with Crippen molar-refractivity contribution in [3.05, 3.63) is 68.4 Å². The molecule has 1 aromatic carbocycles. The first-order valence-electron chi connectivity index (χ1n) is 11.2. The van der Waals surface area contributed by atoms with Crippen molar-refractivity contribution in [2.24, 2.45) is 4.99 Å². The molecule has 13 heteroatoms. The molecule has 4 aromatic rings. The summed E-state index contributed by atoms with van der Waals surface area (Å²) >= 11 is 6.14. The highest BCUT2D eigenvalue weighted by atomic mass is 35.5. The van der Waals surface area contributed by atoms with Gasteiger partial charge in [-0.25, -0.2) is 14.6 Å². The average molecular weight is 511 g/mol. The smallest absolute Gasteiger partial charge is 0.409 e. The highest BCUT2D eigenvalue weighted by Gasteiger charge is 2.23. The van der Waals surface area contributed by atoms with Gasteiger partial charge in [-0.05, 0) is 37.1 Å². The number of piperidine rings is 1. The van der Waals surface area contributed by atoms with E-state index in [-0.39, 0.29) is 23.7 Å². The number of halogens is 1. The topological polar surface area (TPSA) is 153 Å². The molecule has 1 aliphatic rings. The average Bonchev–Trinajstić information content (AvgIpc) is 3.41. The van der Waals surface area contributed by atoms with E-state index in [0.29, 0.717) is 53.1 Å². The van der Waals surface area contributed by atoms with E-state index in [4.69, 9.17) is 26.3 Å². The molecular weight excluding hydrogens is 488 g/mol. The number of anilines is 2. The van der Waals surface area contributed by atoms with E-state index in [2.05, 4.69) is 20.4 Å². The van der Waals surface area contributed by atoms with Gasteiger partial charge in [0.05, 0.1) is 19.3 Å². The summed E-state index contributed by atoms with van der Waals surface area (Å²) in [5, 5.41) is 18.8. The van der Waals surface area contributed by atoms with Crippen molar-refractivity contribution in [2.75, 3.05) is 25.5 Å². The van der Waals surface area contributed by atoms with Gasteiger partial charge in [0.1, 0.15) is 11.5 Å². The van der Waals surface area contributed by atoms with Crippen molar-refractivity contribution < 1.29 is 14.6 Å². The fourth-order valence-corrected chi connectivity index (χ4v) is 4.27.